The van der Waals surface area contributed by atoms with Crippen molar-refractivity contribution in [3.63, 3.8) is 0 Å². The number of hydrogen-bond acceptors (Lipinski definition) is 5. The van der Waals surface area contributed by atoms with E-state index in [0.717, 1.165) is 63.7 Å². The number of piperidine rings is 1. The van der Waals surface area contributed by atoms with Crippen LogP contribution in [0.25, 0.3) is 0 Å². The summed E-state index contributed by atoms with van der Waals surface area (Å²) in [6.07, 6.45) is 8.91. The van der Waals surface area contributed by atoms with E-state index in [0.29, 0.717) is 44.2 Å². The van der Waals surface area contributed by atoms with Gasteiger partial charge in [0.15, 0.2) is 0 Å². The van der Waals surface area contributed by atoms with E-state index in [1.807, 2.05) is 29.2 Å². The minimum absolute atomic E-state index is 0. The summed E-state index contributed by atoms with van der Waals surface area (Å²) < 4.78 is 0. The number of piperazine rings is 1. The average Bonchev–Trinajstić information content (AvgIpc) is 3.12. The van der Waals surface area contributed by atoms with E-state index in [4.69, 9.17) is 0 Å². The summed E-state index contributed by atoms with van der Waals surface area (Å²) in [5.41, 5.74) is 0.0686. The van der Waals surface area contributed by atoms with E-state index in [9.17, 15) is 19.5 Å². The van der Waals surface area contributed by atoms with Crippen molar-refractivity contribution in [3.05, 3.63) is 35.4 Å². The second-order valence-electron chi connectivity index (χ2n) is 11.3. The van der Waals surface area contributed by atoms with Crippen LogP contribution in [0.3, 0.4) is 0 Å². The fraction of sp³-hybridized carbons (Fsp3) is 0.690. The number of nitrogens with zero attached hydrogens (tertiary/aromatic N) is 2. The van der Waals surface area contributed by atoms with Crippen molar-refractivity contribution >= 4 is 30.1 Å². The molecule has 8 nitrogen and oxygen atoms in total. The molecule has 1 aromatic rings. The van der Waals surface area contributed by atoms with Crippen LogP contribution >= 0.6 is 12.4 Å². The van der Waals surface area contributed by atoms with Crippen molar-refractivity contribution < 1.29 is 19.5 Å². The van der Waals surface area contributed by atoms with Crippen LogP contribution in [-0.4, -0.2) is 76.5 Å². The molecule has 2 saturated heterocycles. The lowest BCUT2D eigenvalue weighted by Gasteiger charge is -2.52. The molecule has 1 atom stereocenters. The number of likely N-dealkylation sites (tertiary alicyclic amines) is 1. The van der Waals surface area contributed by atoms with Gasteiger partial charge in [-0.3, -0.25) is 19.3 Å². The Morgan fingerprint density at radius 3 is 2.26 bits per heavy atom. The first-order valence-corrected chi connectivity index (χ1v) is 14.2. The molecule has 212 valence electrons. The summed E-state index contributed by atoms with van der Waals surface area (Å²) in [5.74, 6) is -0.181. The van der Waals surface area contributed by atoms with Crippen molar-refractivity contribution in [1.29, 1.82) is 0 Å². The van der Waals surface area contributed by atoms with E-state index in [2.05, 4.69) is 22.5 Å². The zero-order valence-electron chi connectivity index (χ0n) is 23.0. The number of hydrogen-bond donors (Lipinski definition) is 3. The monoisotopic (exact) mass is 548 g/mol. The molecule has 1 aromatic carbocycles. The summed E-state index contributed by atoms with van der Waals surface area (Å²) in [4.78, 5) is 43.5. The lowest BCUT2D eigenvalue weighted by atomic mass is 9.79. The minimum Gasteiger partial charge on any atom is -0.390 e. The Kier molecular flexibility index (Phi) is 10.6. The summed E-state index contributed by atoms with van der Waals surface area (Å²) >= 11 is 0. The highest BCUT2D eigenvalue weighted by molar-refractivity contribution is 6.00. The molecule has 1 spiro atoms. The molecule has 0 radical (unpaired) electrons. The van der Waals surface area contributed by atoms with Crippen molar-refractivity contribution in [2.24, 2.45) is 0 Å². The number of nitrogens with one attached hydrogen (secondary N) is 2. The molecule has 4 rings (SSSR count). The number of amides is 3. The first-order valence-electron chi connectivity index (χ1n) is 14.2. The molecule has 0 aromatic heterocycles. The molecule has 38 heavy (non-hydrogen) atoms. The van der Waals surface area contributed by atoms with E-state index < -0.39 is 17.2 Å². The van der Waals surface area contributed by atoms with Crippen LogP contribution in [0, 0.1) is 0 Å². The second-order valence-corrected chi connectivity index (χ2v) is 11.3. The highest BCUT2D eigenvalue weighted by Gasteiger charge is 2.54. The predicted molar refractivity (Wildman–Crippen MR) is 150 cm³/mol. The number of rotatable bonds is 8. The standard InChI is InChI=1S/C29H44N4O4.ClH/c1-3-4-17-33-26(35)24(20-28(37)13-7-5-6-8-14-28)31-27(36)29(33)15-18-32(19-16-29)21-22-9-11-23(12-10-22)25(34)30-2;/h9-12,24,37H,3-8,13-21H2,1-2H3,(H,30,34)(H,31,36);1H/t24-;/m1./s1. The molecule has 2 heterocycles. The van der Waals surface area contributed by atoms with Gasteiger partial charge in [0.1, 0.15) is 11.6 Å². The normalized spacial score (nSPS) is 23.3. The largest absolute Gasteiger partial charge is 0.390 e. The smallest absolute Gasteiger partial charge is 0.251 e. The van der Waals surface area contributed by atoms with Crippen molar-refractivity contribution in [3.8, 4) is 0 Å². The van der Waals surface area contributed by atoms with E-state index in [1.165, 1.54) is 0 Å². The maximum absolute atomic E-state index is 13.8. The first kappa shape index (κ1) is 30.4. The van der Waals surface area contributed by atoms with Gasteiger partial charge < -0.3 is 20.6 Å². The van der Waals surface area contributed by atoms with Crippen molar-refractivity contribution in [2.45, 2.75) is 101 Å². The predicted octanol–water partition coefficient (Wildman–Crippen LogP) is 3.41. The molecule has 2 aliphatic heterocycles. The maximum Gasteiger partial charge on any atom is 0.251 e. The number of carbonyl (C=O) groups is 3. The molecule has 1 saturated carbocycles. The summed E-state index contributed by atoms with van der Waals surface area (Å²) in [7, 11) is 1.62. The Morgan fingerprint density at radius 1 is 1.05 bits per heavy atom. The van der Waals surface area contributed by atoms with Gasteiger partial charge in [-0.2, -0.15) is 0 Å². The quantitative estimate of drug-likeness (QED) is 0.432. The van der Waals surface area contributed by atoms with Gasteiger partial charge in [-0.05, 0) is 49.8 Å². The van der Waals surface area contributed by atoms with Gasteiger partial charge in [-0.15, -0.1) is 12.4 Å². The van der Waals surface area contributed by atoms with Crippen molar-refractivity contribution in [1.82, 2.24) is 20.4 Å². The Bertz CT molecular complexity index is 954. The van der Waals surface area contributed by atoms with E-state index in [-0.39, 0.29) is 30.1 Å². The van der Waals surface area contributed by atoms with Gasteiger partial charge in [-0.25, -0.2) is 0 Å². The number of benzene rings is 1. The van der Waals surface area contributed by atoms with Gasteiger partial charge >= 0.3 is 0 Å². The zero-order chi connectivity index (χ0) is 26.5. The van der Waals surface area contributed by atoms with Crippen LogP contribution in [-0.2, 0) is 16.1 Å². The second kappa shape index (κ2) is 13.3. The molecule has 3 amide bonds. The fourth-order valence-corrected chi connectivity index (χ4v) is 6.37. The van der Waals surface area contributed by atoms with Gasteiger partial charge in [0, 0.05) is 45.2 Å². The molecule has 3 N–H and O–H groups in total. The van der Waals surface area contributed by atoms with Crippen molar-refractivity contribution in [2.75, 3.05) is 26.7 Å². The Morgan fingerprint density at radius 2 is 1.68 bits per heavy atom. The first-order chi connectivity index (χ1) is 17.8. The molecule has 3 aliphatic rings. The number of carbonyl (C=O) groups excluding carboxylic acids is 3. The van der Waals surface area contributed by atoms with Gasteiger partial charge in [0.25, 0.3) is 5.91 Å². The van der Waals surface area contributed by atoms with Crippen LogP contribution in [0.5, 0.6) is 0 Å². The van der Waals surface area contributed by atoms with E-state index >= 15 is 0 Å². The summed E-state index contributed by atoms with van der Waals surface area (Å²) in [5, 5.41) is 17.0. The summed E-state index contributed by atoms with van der Waals surface area (Å²) in [6.45, 7) is 4.86. The molecule has 0 bridgehead atoms. The molecule has 1 aliphatic carbocycles. The molecule has 9 heteroatoms. The van der Waals surface area contributed by atoms with E-state index in [1.54, 1.807) is 7.05 Å². The highest BCUT2D eigenvalue weighted by atomic mass is 35.5. The topological polar surface area (TPSA) is 102 Å². The third kappa shape index (κ3) is 6.69. The van der Waals surface area contributed by atoms with Crippen LogP contribution in [0.1, 0.15) is 93.5 Å². The van der Waals surface area contributed by atoms with Gasteiger partial charge in [-0.1, -0.05) is 51.2 Å². The van der Waals surface area contributed by atoms with Crippen LogP contribution in [0.15, 0.2) is 24.3 Å². The molecular formula is C29H45ClN4O4. The number of halogens is 1. The number of aliphatic hydroxyl groups is 1. The third-order valence-electron chi connectivity index (χ3n) is 8.70. The van der Waals surface area contributed by atoms with Crippen LogP contribution < -0.4 is 10.6 Å². The average molecular weight is 549 g/mol. The third-order valence-corrected chi connectivity index (χ3v) is 8.70. The van der Waals surface area contributed by atoms with Gasteiger partial charge in [0.2, 0.25) is 11.8 Å². The molecule has 3 fully saturated rings. The van der Waals surface area contributed by atoms with Gasteiger partial charge in [0.05, 0.1) is 5.60 Å². The Labute approximate surface area is 233 Å². The molecular weight excluding hydrogens is 504 g/mol. The molecule has 0 unspecified atom stereocenters. The lowest BCUT2D eigenvalue weighted by molar-refractivity contribution is -0.163. The minimum atomic E-state index is -0.873. The lowest BCUT2D eigenvalue weighted by Crippen LogP contribution is -2.73. The maximum atomic E-state index is 13.8. The summed E-state index contributed by atoms with van der Waals surface area (Å²) in [6, 6.07) is 6.98. The fourth-order valence-electron chi connectivity index (χ4n) is 6.37. The zero-order valence-corrected chi connectivity index (χ0v) is 23.8. The highest BCUT2D eigenvalue weighted by Crippen LogP contribution is 2.37. The van der Waals surface area contributed by atoms with Crippen LogP contribution in [0.4, 0.5) is 0 Å². The van der Waals surface area contributed by atoms with Crippen LogP contribution in [0.2, 0.25) is 0 Å². The number of unbranched alkanes of at least 4 members (excludes halogenated alkanes) is 1. The SMILES string of the molecule is CCCCN1C(=O)[C@@H](CC2(O)CCCCCC2)NC(=O)C12CCN(Cc1ccc(C(=O)NC)cc1)CC2.Cl. The Balaban J connectivity index is 0.00000400. The Hall–Kier alpha value is -2.16.